The number of hydrogen-bond acceptors (Lipinski definition) is 5. The highest BCUT2D eigenvalue weighted by molar-refractivity contribution is 6.03. The number of rotatable bonds is 5. The van der Waals surface area contributed by atoms with Crippen LogP contribution < -0.4 is 10.1 Å². The minimum atomic E-state index is -0.248. The summed E-state index contributed by atoms with van der Waals surface area (Å²) in [6.45, 7) is 5.49. The first-order valence-corrected chi connectivity index (χ1v) is 9.37. The summed E-state index contributed by atoms with van der Waals surface area (Å²) in [4.78, 5) is 16.4. The molecule has 1 saturated heterocycles. The highest BCUT2D eigenvalue weighted by Gasteiger charge is 2.32. The molecule has 0 aliphatic carbocycles. The lowest BCUT2D eigenvalue weighted by Crippen LogP contribution is -2.18. The van der Waals surface area contributed by atoms with Gasteiger partial charge in [-0.1, -0.05) is 6.07 Å². The Hall–Kier alpha value is -2.93. The number of aromatic nitrogens is 3. The van der Waals surface area contributed by atoms with Crippen molar-refractivity contribution in [3.05, 3.63) is 48.3 Å². The van der Waals surface area contributed by atoms with Crippen LogP contribution in [-0.4, -0.2) is 39.5 Å². The lowest BCUT2D eigenvalue weighted by atomic mass is 9.99. The monoisotopic (exact) mass is 380 g/mol. The quantitative estimate of drug-likeness (QED) is 0.734. The van der Waals surface area contributed by atoms with Crippen LogP contribution in [0, 0.1) is 5.92 Å². The molecule has 1 aliphatic heterocycles. The van der Waals surface area contributed by atoms with Crippen LogP contribution in [-0.2, 0) is 11.8 Å². The number of fused-ring (bicyclic) bond motifs is 1. The number of amides is 1. The molecule has 1 aliphatic rings. The molecule has 0 radical (unpaired) electrons. The number of carbonyl (C=O) groups excluding carboxylic acids is 1. The molecule has 3 heterocycles. The van der Waals surface area contributed by atoms with Gasteiger partial charge in [0.15, 0.2) is 0 Å². The van der Waals surface area contributed by atoms with Gasteiger partial charge in [0, 0.05) is 24.8 Å². The molecule has 1 atom stereocenters. The second-order valence-corrected chi connectivity index (χ2v) is 7.78. The van der Waals surface area contributed by atoms with E-state index < -0.39 is 0 Å². The van der Waals surface area contributed by atoms with E-state index in [0.29, 0.717) is 36.4 Å². The largest absolute Gasteiger partial charge is 0.476 e. The van der Waals surface area contributed by atoms with Crippen molar-refractivity contribution in [2.45, 2.75) is 25.9 Å². The minimum absolute atomic E-state index is 0.0824. The highest BCUT2D eigenvalue weighted by Crippen LogP contribution is 2.31. The van der Waals surface area contributed by atoms with Gasteiger partial charge in [-0.05, 0) is 50.6 Å². The zero-order chi connectivity index (χ0) is 19.7. The van der Waals surface area contributed by atoms with Gasteiger partial charge in [0.05, 0.1) is 29.7 Å². The molecule has 0 saturated carbocycles. The Morgan fingerprint density at radius 2 is 2.21 bits per heavy atom. The van der Waals surface area contributed by atoms with Crippen LogP contribution in [0.3, 0.4) is 0 Å². The standard InChI is InChI=1S/C21H24N4O3/c1-21(2)11-14(13-28-21)12-27-20-16-8-7-15(10-18(16)25(3)24-20)23-19(26)17-6-4-5-9-22-17/h4-10,14H,11-13H2,1-3H3,(H,23,26). The summed E-state index contributed by atoms with van der Waals surface area (Å²) in [6.07, 6.45) is 2.57. The predicted molar refractivity (Wildman–Crippen MR) is 107 cm³/mol. The lowest BCUT2D eigenvalue weighted by molar-refractivity contribution is 0.0340. The number of aryl methyl sites for hydroxylation is 1. The molecule has 28 heavy (non-hydrogen) atoms. The van der Waals surface area contributed by atoms with Crippen molar-refractivity contribution < 1.29 is 14.3 Å². The number of nitrogens with one attached hydrogen (secondary N) is 1. The Bertz CT molecular complexity index is 998. The maximum absolute atomic E-state index is 12.3. The van der Waals surface area contributed by atoms with Gasteiger partial charge in [0.25, 0.3) is 5.91 Å². The van der Waals surface area contributed by atoms with Crippen LogP contribution in [0.25, 0.3) is 10.9 Å². The van der Waals surface area contributed by atoms with E-state index in [-0.39, 0.29) is 11.5 Å². The second kappa shape index (κ2) is 7.24. The Labute approximate surface area is 163 Å². The first-order chi connectivity index (χ1) is 13.4. The summed E-state index contributed by atoms with van der Waals surface area (Å²) in [5.41, 5.74) is 1.86. The predicted octanol–water partition coefficient (Wildman–Crippen LogP) is 3.41. The molecule has 0 bridgehead atoms. The van der Waals surface area contributed by atoms with Crippen molar-refractivity contribution in [2.75, 3.05) is 18.5 Å². The van der Waals surface area contributed by atoms with Crippen LogP contribution in [0.4, 0.5) is 5.69 Å². The molecule has 1 fully saturated rings. The van der Waals surface area contributed by atoms with E-state index in [2.05, 4.69) is 29.2 Å². The number of anilines is 1. The molecule has 7 nitrogen and oxygen atoms in total. The summed E-state index contributed by atoms with van der Waals surface area (Å²) in [7, 11) is 1.86. The van der Waals surface area contributed by atoms with E-state index in [1.807, 2.05) is 25.2 Å². The SMILES string of the molecule is Cn1nc(OCC2COC(C)(C)C2)c2ccc(NC(=O)c3ccccn3)cc21. The normalized spacial score (nSPS) is 18.3. The van der Waals surface area contributed by atoms with Gasteiger partial charge in [-0.15, -0.1) is 5.10 Å². The van der Waals surface area contributed by atoms with E-state index in [0.717, 1.165) is 17.3 Å². The molecule has 146 valence electrons. The lowest BCUT2D eigenvalue weighted by Gasteiger charge is -2.15. The molecule has 1 aromatic carbocycles. The summed E-state index contributed by atoms with van der Waals surface area (Å²) in [5.74, 6) is 0.719. The molecule has 0 spiro atoms. The Morgan fingerprint density at radius 3 is 2.93 bits per heavy atom. The van der Waals surface area contributed by atoms with Gasteiger partial charge in [-0.2, -0.15) is 0 Å². The molecular weight excluding hydrogens is 356 g/mol. The van der Waals surface area contributed by atoms with E-state index in [1.165, 1.54) is 0 Å². The third-order valence-corrected chi connectivity index (χ3v) is 4.92. The van der Waals surface area contributed by atoms with Crippen molar-refractivity contribution in [3.63, 3.8) is 0 Å². The van der Waals surface area contributed by atoms with Gasteiger partial charge in [0.2, 0.25) is 5.88 Å². The van der Waals surface area contributed by atoms with Gasteiger partial charge >= 0.3 is 0 Å². The average Bonchev–Trinajstić information content (AvgIpc) is 3.19. The van der Waals surface area contributed by atoms with Crippen LogP contribution in [0.2, 0.25) is 0 Å². The zero-order valence-corrected chi connectivity index (χ0v) is 16.3. The number of carbonyl (C=O) groups is 1. The summed E-state index contributed by atoms with van der Waals surface area (Å²) in [5, 5.41) is 8.28. The maximum atomic E-state index is 12.3. The van der Waals surface area contributed by atoms with E-state index >= 15 is 0 Å². The highest BCUT2D eigenvalue weighted by atomic mass is 16.5. The fraction of sp³-hybridized carbons (Fsp3) is 0.381. The molecule has 7 heteroatoms. The number of nitrogens with zero attached hydrogens (tertiary/aromatic N) is 3. The van der Waals surface area contributed by atoms with E-state index in [4.69, 9.17) is 9.47 Å². The fourth-order valence-corrected chi connectivity index (χ4v) is 3.56. The average molecular weight is 380 g/mol. The van der Waals surface area contributed by atoms with Crippen molar-refractivity contribution in [1.29, 1.82) is 0 Å². The van der Waals surface area contributed by atoms with Crippen molar-refractivity contribution in [1.82, 2.24) is 14.8 Å². The minimum Gasteiger partial charge on any atom is -0.476 e. The third kappa shape index (κ3) is 3.84. The van der Waals surface area contributed by atoms with E-state index in [1.54, 1.807) is 29.1 Å². The first kappa shape index (κ1) is 18.4. The van der Waals surface area contributed by atoms with Gasteiger partial charge < -0.3 is 14.8 Å². The van der Waals surface area contributed by atoms with Crippen molar-refractivity contribution in [3.8, 4) is 5.88 Å². The Balaban J connectivity index is 1.48. The third-order valence-electron chi connectivity index (χ3n) is 4.92. The smallest absolute Gasteiger partial charge is 0.274 e. The summed E-state index contributed by atoms with van der Waals surface area (Å²) in [6, 6.07) is 10.9. The number of hydrogen-bond donors (Lipinski definition) is 1. The number of ether oxygens (including phenoxy) is 2. The van der Waals surface area contributed by atoms with Crippen molar-refractivity contribution in [2.24, 2.45) is 13.0 Å². The molecule has 1 unspecified atom stereocenters. The van der Waals surface area contributed by atoms with Crippen LogP contribution in [0.15, 0.2) is 42.6 Å². The van der Waals surface area contributed by atoms with Crippen molar-refractivity contribution >= 4 is 22.5 Å². The molecule has 3 aromatic rings. The molecular formula is C21H24N4O3. The topological polar surface area (TPSA) is 78.3 Å². The van der Waals surface area contributed by atoms with Gasteiger partial charge in [-0.25, -0.2) is 0 Å². The molecule has 2 aromatic heterocycles. The van der Waals surface area contributed by atoms with Gasteiger partial charge in [-0.3, -0.25) is 14.5 Å². The fourth-order valence-electron chi connectivity index (χ4n) is 3.56. The van der Waals surface area contributed by atoms with Gasteiger partial charge in [0.1, 0.15) is 5.69 Å². The second-order valence-electron chi connectivity index (χ2n) is 7.78. The number of pyridine rings is 1. The van der Waals surface area contributed by atoms with Crippen LogP contribution >= 0.6 is 0 Å². The molecule has 4 rings (SSSR count). The van der Waals surface area contributed by atoms with Crippen LogP contribution in [0.1, 0.15) is 30.8 Å². The van der Waals surface area contributed by atoms with E-state index in [9.17, 15) is 4.79 Å². The Kier molecular flexibility index (Phi) is 4.77. The zero-order valence-electron chi connectivity index (χ0n) is 16.3. The Morgan fingerprint density at radius 1 is 1.36 bits per heavy atom. The van der Waals surface area contributed by atoms with Crippen LogP contribution in [0.5, 0.6) is 5.88 Å². The maximum Gasteiger partial charge on any atom is 0.274 e. The molecule has 1 N–H and O–H groups in total. The first-order valence-electron chi connectivity index (χ1n) is 9.37. The molecule has 1 amide bonds. The summed E-state index contributed by atoms with van der Waals surface area (Å²) < 4.78 is 13.5. The number of benzene rings is 1. The summed E-state index contributed by atoms with van der Waals surface area (Å²) >= 11 is 0.